The summed E-state index contributed by atoms with van der Waals surface area (Å²) in [5.41, 5.74) is 6.44. The standard InChI is InChI=1S/C19H18F2N6O/c20-12-4-19(5-12,16-15(21)2-1-3-24-16)10-27-18-25-6-11(7-26-18)13-8-23-9-14(13)17(22)28/h1-3,6-9,12,23H,4-5,10H2,(H2,22,28)(H,25,26,27). The van der Waals surface area contributed by atoms with E-state index in [1.54, 1.807) is 18.6 Å². The molecule has 0 bridgehead atoms. The highest BCUT2D eigenvalue weighted by molar-refractivity contribution is 5.99. The largest absolute Gasteiger partial charge is 0.366 e. The lowest BCUT2D eigenvalue weighted by Crippen LogP contribution is -2.49. The lowest BCUT2D eigenvalue weighted by atomic mass is 9.65. The van der Waals surface area contributed by atoms with Crippen LogP contribution in [0.5, 0.6) is 0 Å². The van der Waals surface area contributed by atoms with Crippen LogP contribution in [0.1, 0.15) is 28.9 Å². The molecular formula is C19H18F2N6O. The Bertz CT molecular complexity index is 998. The molecule has 1 aliphatic rings. The lowest BCUT2D eigenvalue weighted by Gasteiger charge is -2.43. The van der Waals surface area contributed by atoms with Gasteiger partial charge in [-0.25, -0.2) is 18.7 Å². The SMILES string of the molecule is NC(=O)c1c[nH]cc1-c1cnc(NCC2(c3ncccc3F)CC(F)C2)nc1. The average molecular weight is 384 g/mol. The molecule has 0 unspecified atom stereocenters. The van der Waals surface area contributed by atoms with E-state index in [4.69, 9.17) is 5.73 Å². The molecule has 144 valence electrons. The molecule has 1 fully saturated rings. The molecule has 28 heavy (non-hydrogen) atoms. The summed E-state index contributed by atoms with van der Waals surface area (Å²) in [7, 11) is 0. The summed E-state index contributed by atoms with van der Waals surface area (Å²) in [4.78, 5) is 26.9. The van der Waals surface area contributed by atoms with E-state index in [1.165, 1.54) is 24.5 Å². The van der Waals surface area contributed by atoms with Crippen LogP contribution in [0.2, 0.25) is 0 Å². The zero-order chi connectivity index (χ0) is 19.7. The van der Waals surface area contributed by atoms with Crippen LogP contribution in [-0.2, 0) is 5.41 Å². The van der Waals surface area contributed by atoms with E-state index >= 15 is 0 Å². The van der Waals surface area contributed by atoms with E-state index in [0.29, 0.717) is 22.6 Å². The molecule has 7 nitrogen and oxygen atoms in total. The van der Waals surface area contributed by atoms with Crippen molar-refractivity contribution in [2.45, 2.75) is 24.4 Å². The van der Waals surface area contributed by atoms with E-state index in [1.807, 2.05) is 0 Å². The fourth-order valence-corrected chi connectivity index (χ4v) is 3.60. The first-order valence-corrected chi connectivity index (χ1v) is 8.76. The van der Waals surface area contributed by atoms with Crippen LogP contribution >= 0.6 is 0 Å². The monoisotopic (exact) mass is 384 g/mol. The third kappa shape index (κ3) is 3.19. The molecule has 4 rings (SSSR count). The van der Waals surface area contributed by atoms with Gasteiger partial charge in [0.1, 0.15) is 12.0 Å². The van der Waals surface area contributed by atoms with Gasteiger partial charge in [0.15, 0.2) is 0 Å². The quantitative estimate of drug-likeness (QED) is 0.605. The maximum absolute atomic E-state index is 14.2. The molecule has 0 aromatic carbocycles. The van der Waals surface area contributed by atoms with Gasteiger partial charge in [0.25, 0.3) is 5.91 Å². The maximum atomic E-state index is 14.2. The van der Waals surface area contributed by atoms with Gasteiger partial charge < -0.3 is 16.0 Å². The van der Waals surface area contributed by atoms with Crippen LogP contribution < -0.4 is 11.1 Å². The second kappa shape index (κ2) is 6.99. The number of hydrogen-bond donors (Lipinski definition) is 3. The summed E-state index contributed by atoms with van der Waals surface area (Å²) < 4.78 is 27.8. The number of amides is 1. The Balaban J connectivity index is 1.51. The Hall–Kier alpha value is -3.36. The number of primary amides is 1. The van der Waals surface area contributed by atoms with Gasteiger partial charge >= 0.3 is 0 Å². The number of hydrogen-bond acceptors (Lipinski definition) is 5. The van der Waals surface area contributed by atoms with Crippen LogP contribution in [0, 0.1) is 5.82 Å². The van der Waals surface area contributed by atoms with Crippen molar-refractivity contribution >= 4 is 11.9 Å². The second-order valence-corrected chi connectivity index (χ2v) is 6.92. The predicted molar refractivity (Wildman–Crippen MR) is 98.8 cm³/mol. The highest BCUT2D eigenvalue weighted by Gasteiger charge is 2.48. The Morgan fingerprint density at radius 2 is 2.04 bits per heavy atom. The highest BCUT2D eigenvalue weighted by Crippen LogP contribution is 2.45. The first kappa shape index (κ1) is 18.0. The second-order valence-electron chi connectivity index (χ2n) is 6.92. The normalized spacial score (nSPS) is 21.1. The Morgan fingerprint density at radius 3 is 2.68 bits per heavy atom. The fraction of sp³-hybridized carbons (Fsp3) is 0.263. The van der Waals surface area contributed by atoms with Crippen molar-refractivity contribution in [2.75, 3.05) is 11.9 Å². The van der Waals surface area contributed by atoms with Gasteiger partial charge in [0.05, 0.1) is 11.3 Å². The molecule has 0 aliphatic heterocycles. The summed E-state index contributed by atoms with van der Waals surface area (Å²) in [6, 6.07) is 2.84. The number of anilines is 1. The van der Waals surface area contributed by atoms with Crippen LogP contribution in [0.15, 0.2) is 43.1 Å². The summed E-state index contributed by atoms with van der Waals surface area (Å²) in [6.07, 6.45) is 7.17. The summed E-state index contributed by atoms with van der Waals surface area (Å²) in [5.74, 6) is -0.680. The van der Waals surface area contributed by atoms with Gasteiger partial charge in [0, 0.05) is 54.1 Å². The number of H-pyrrole nitrogens is 1. The molecule has 3 aromatic heterocycles. The minimum absolute atomic E-state index is 0.192. The van der Waals surface area contributed by atoms with Crippen molar-refractivity contribution in [2.24, 2.45) is 5.73 Å². The lowest BCUT2D eigenvalue weighted by molar-refractivity contribution is 0.0963. The highest BCUT2D eigenvalue weighted by atomic mass is 19.1. The van der Waals surface area contributed by atoms with E-state index in [9.17, 15) is 13.6 Å². The topological polar surface area (TPSA) is 110 Å². The molecule has 3 aromatic rings. The van der Waals surface area contributed by atoms with Gasteiger partial charge in [-0.2, -0.15) is 0 Å². The Morgan fingerprint density at radius 1 is 1.29 bits per heavy atom. The molecule has 1 amide bonds. The number of carbonyl (C=O) groups excluding carboxylic acids is 1. The predicted octanol–water partition coefficient (Wildman–Crippen LogP) is 2.59. The zero-order valence-electron chi connectivity index (χ0n) is 14.8. The number of pyridine rings is 1. The van der Waals surface area contributed by atoms with Gasteiger partial charge in [-0.05, 0) is 25.0 Å². The summed E-state index contributed by atoms with van der Waals surface area (Å²) in [6.45, 7) is 0.261. The number of aromatic amines is 1. The van der Waals surface area contributed by atoms with Crippen molar-refractivity contribution in [1.29, 1.82) is 0 Å². The smallest absolute Gasteiger partial charge is 0.250 e. The molecule has 1 saturated carbocycles. The number of rotatable bonds is 6. The molecule has 4 N–H and O–H groups in total. The molecular weight excluding hydrogens is 366 g/mol. The first-order chi connectivity index (χ1) is 13.5. The molecule has 9 heteroatoms. The van der Waals surface area contributed by atoms with Crippen molar-refractivity contribution in [1.82, 2.24) is 19.9 Å². The maximum Gasteiger partial charge on any atom is 0.250 e. The third-order valence-corrected chi connectivity index (χ3v) is 5.04. The number of aromatic nitrogens is 4. The Labute approximate surface area is 159 Å². The third-order valence-electron chi connectivity index (χ3n) is 5.04. The zero-order valence-corrected chi connectivity index (χ0v) is 14.8. The molecule has 1 aliphatic carbocycles. The van der Waals surface area contributed by atoms with Crippen molar-refractivity contribution < 1.29 is 13.6 Å². The van der Waals surface area contributed by atoms with E-state index in [0.717, 1.165) is 0 Å². The minimum Gasteiger partial charge on any atom is -0.366 e. The molecule has 0 saturated heterocycles. The Kier molecular flexibility index (Phi) is 4.50. The van der Waals surface area contributed by atoms with E-state index in [-0.39, 0.29) is 25.1 Å². The fourth-order valence-electron chi connectivity index (χ4n) is 3.60. The number of nitrogens with zero attached hydrogens (tertiary/aromatic N) is 3. The first-order valence-electron chi connectivity index (χ1n) is 8.76. The molecule has 0 spiro atoms. The van der Waals surface area contributed by atoms with Crippen molar-refractivity contribution in [3.8, 4) is 11.1 Å². The van der Waals surface area contributed by atoms with Crippen molar-refractivity contribution in [3.63, 3.8) is 0 Å². The molecule has 0 atom stereocenters. The van der Waals surface area contributed by atoms with Crippen LogP contribution in [0.25, 0.3) is 11.1 Å². The summed E-state index contributed by atoms with van der Waals surface area (Å²) in [5, 5.41) is 3.05. The van der Waals surface area contributed by atoms with Gasteiger partial charge in [0.2, 0.25) is 5.95 Å². The summed E-state index contributed by atoms with van der Waals surface area (Å²) >= 11 is 0. The van der Waals surface area contributed by atoms with Gasteiger partial charge in [-0.15, -0.1) is 0 Å². The van der Waals surface area contributed by atoms with Crippen LogP contribution in [0.3, 0.4) is 0 Å². The van der Waals surface area contributed by atoms with Crippen molar-refractivity contribution in [3.05, 3.63) is 60.2 Å². The minimum atomic E-state index is -0.979. The van der Waals surface area contributed by atoms with Gasteiger partial charge in [-0.3, -0.25) is 9.78 Å². The number of alkyl halides is 1. The number of nitrogens with one attached hydrogen (secondary N) is 2. The van der Waals surface area contributed by atoms with Crippen LogP contribution in [0.4, 0.5) is 14.7 Å². The van der Waals surface area contributed by atoms with Crippen LogP contribution in [-0.4, -0.2) is 38.6 Å². The van der Waals surface area contributed by atoms with E-state index < -0.39 is 23.3 Å². The molecule has 0 radical (unpaired) electrons. The van der Waals surface area contributed by atoms with Gasteiger partial charge in [-0.1, -0.05) is 0 Å². The number of nitrogens with two attached hydrogens (primary N) is 1. The van der Waals surface area contributed by atoms with E-state index in [2.05, 4.69) is 25.3 Å². The molecule has 3 heterocycles. The number of halogens is 2. The number of carbonyl (C=O) groups is 1. The average Bonchev–Trinajstić information content (AvgIpc) is 3.15.